The number of aliphatic carboxylic acids is 1. The van der Waals surface area contributed by atoms with Crippen LogP contribution in [0, 0.1) is 10.1 Å². The van der Waals surface area contributed by atoms with Crippen LogP contribution in [0.3, 0.4) is 0 Å². The highest BCUT2D eigenvalue weighted by Crippen LogP contribution is 2.13. The molecule has 0 saturated heterocycles. The average molecular weight is 254 g/mol. The van der Waals surface area contributed by atoms with E-state index in [2.05, 4.69) is 15.6 Å². The minimum atomic E-state index is -1.16. The summed E-state index contributed by atoms with van der Waals surface area (Å²) >= 11 is 0. The van der Waals surface area contributed by atoms with E-state index in [1.54, 1.807) is 0 Å². The summed E-state index contributed by atoms with van der Waals surface area (Å²) in [7, 11) is 0. The van der Waals surface area contributed by atoms with Gasteiger partial charge < -0.3 is 15.7 Å². The van der Waals surface area contributed by atoms with Crippen molar-refractivity contribution in [2.24, 2.45) is 0 Å². The fourth-order valence-corrected chi connectivity index (χ4v) is 1.04. The van der Waals surface area contributed by atoms with Crippen LogP contribution in [0.5, 0.6) is 0 Å². The second-order valence-electron chi connectivity index (χ2n) is 3.18. The number of nitrogens with zero attached hydrogens (tertiary/aromatic N) is 2. The van der Waals surface area contributed by atoms with Crippen molar-refractivity contribution in [2.45, 2.75) is 0 Å². The Kier molecular flexibility index (Phi) is 4.55. The number of carbonyl (C=O) groups is 2. The van der Waals surface area contributed by atoms with Gasteiger partial charge in [0.2, 0.25) is 5.91 Å². The van der Waals surface area contributed by atoms with Gasteiger partial charge in [0.1, 0.15) is 12.4 Å². The summed E-state index contributed by atoms with van der Waals surface area (Å²) in [4.78, 5) is 35.0. The summed E-state index contributed by atoms with van der Waals surface area (Å²) in [6.45, 7) is -0.704. The summed E-state index contributed by atoms with van der Waals surface area (Å²) < 4.78 is 0. The molecular weight excluding hydrogens is 244 g/mol. The third-order valence-electron chi connectivity index (χ3n) is 1.82. The largest absolute Gasteiger partial charge is 0.480 e. The zero-order valence-electron chi connectivity index (χ0n) is 9.12. The predicted octanol–water partition coefficient (Wildman–Crippen LogP) is -0.398. The lowest BCUT2D eigenvalue weighted by Crippen LogP contribution is -2.33. The van der Waals surface area contributed by atoms with Gasteiger partial charge in [-0.3, -0.25) is 19.7 Å². The van der Waals surface area contributed by atoms with E-state index in [0.29, 0.717) is 0 Å². The van der Waals surface area contributed by atoms with Crippen LogP contribution >= 0.6 is 0 Å². The molecule has 1 heterocycles. The molecule has 3 N–H and O–H groups in total. The van der Waals surface area contributed by atoms with Crippen molar-refractivity contribution in [1.29, 1.82) is 0 Å². The number of hydrogen-bond acceptors (Lipinski definition) is 6. The molecule has 96 valence electrons. The van der Waals surface area contributed by atoms with Crippen molar-refractivity contribution in [3.8, 4) is 0 Å². The minimum Gasteiger partial charge on any atom is -0.480 e. The first-order valence-corrected chi connectivity index (χ1v) is 4.82. The van der Waals surface area contributed by atoms with E-state index < -0.39 is 23.3 Å². The van der Waals surface area contributed by atoms with E-state index in [4.69, 9.17) is 5.11 Å². The van der Waals surface area contributed by atoms with Gasteiger partial charge in [0.15, 0.2) is 0 Å². The molecule has 0 aromatic carbocycles. The molecular formula is C9H10N4O5. The monoisotopic (exact) mass is 254 g/mol. The molecule has 0 saturated carbocycles. The van der Waals surface area contributed by atoms with Gasteiger partial charge in [0.25, 0.3) is 5.69 Å². The van der Waals surface area contributed by atoms with Crippen LogP contribution < -0.4 is 10.6 Å². The fourth-order valence-electron chi connectivity index (χ4n) is 1.04. The summed E-state index contributed by atoms with van der Waals surface area (Å²) in [6.07, 6.45) is 1.23. The summed E-state index contributed by atoms with van der Waals surface area (Å²) in [5.41, 5.74) is -0.154. The maximum atomic E-state index is 11.1. The lowest BCUT2D eigenvalue weighted by atomic mass is 10.4. The van der Waals surface area contributed by atoms with Gasteiger partial charge in [-0.15, -0.1) is 0 Å². The van der Waals surface area contributed by atoms with E-state index in [1.807, 2.05) is 0 Å². The molecule has 0 radical (unpaired) electrons. The van der Waals surface area contributed by atoms with Gasteiger partial charge in [-0.1, -0.05) is 0 Å². The molecule has 0 atom stereocenters. The Morgan fingerprint density at radius 2 is 2.17 bits per heavy atom. The zero-order valence-corrected chi connectivity index (χ0v) is 9.12. The molecule has 0 aliphatic heterocycles. The first-order valence-electron chi connectivity index (χ1n) is 4.82. The minimum absolute atomic E-state index is 0.154. The van der Waals surface area contributed by atoms with Crippen LogP contribution in [0.25, 0.3) is 0 Å². The molecule has 1 aromatic rings. The van der Waals surface area contributed by atoms with Crippen LogP contribution in [0.2, 0.25) is 0 Å². The summed E-state index contributed by atoms with van der Waals surface area (Å²) in [5.74, 6) is -1.54. The molecule has 0 aliphatic carbocycles. The summed E-state index contributed by atoms with van der Waals surface area (Å²) in [6, 6.07) is 2.39. The van der Waals surface area contributed by atoms with Crippen LogP contribution in [0.1, 0.15) is 0 Å². The highest BCUT2D eigenvalue weighted by molar-refractivity contribution is 5.84. The van der Waals surface area contributed by atoms with Crippen molar-refractivity contribution in [3.63, 3.8) is 0 Å². The maximum Gasteiger partial charge on any atom is 0.322 e. The maximum absolute atomic E-state index is 11.1. The fraction of sp³-hybridized carbons (Fsp3) is 0.222. The van der Waals surface area contributed by atoms with Crippen LogP contribution in [-0.2, 0) is 9.59 Å². The number of carbonyl (C=O) groups excluding carboxylic acids is 1. The predicted molar refractivity (Wildman–Crippen MR) is 60.0 cm³/mol. The molecule has 1 aromatic heterocycles. The molecule has 0 aliphatic rings. The highest BCUT2D eigenvalue weighted by Gasteiger charge is 2.08. The Hall–Kier alpha value is -2.71. The van der Waals surface area contributed by atoms with E-state index in [0.717, 1.165) is 0 Å². The standard InChI is InChI=1S/C9H10N4O5/c14-8(12-5-9(15)16)4-11-7-3-6(13(17)18)1-2-10-7/h1-3H,4-5H2,(H,10,11)(H,12,14)(H,15,16). The molecule has 18 heavy (non-hydrogen) atoms. The Labute approximate surface area is 101 Å². The third-order valence-corrected chi connectivity index (χ3v) is 1.82. The number of aromatic nitrogens is 1. The number of rotatable bonds is 6. The Morgan fingerprint density at radius 1 is 1.44 bits per heavy atom. The number of nitro groups is 1. The number of amides is 1. The first kappa shape index (κ1) is 13.4. The molecule has 9 nitrogen and oxygen atoms in total. The Bertz CT molecular complexity index is 476. The van der Waals surface area contributed by atoms with Crippen molar-refractivity contribution in [1.82, 2.24) is 10.3 Å². The molecule has 0 unspecified atom stereocenters. The second kappa shape index (κ2) is 6.13. The van der Waals surface area contributed by atoms with Crippen LogP contribution in [0.15, 0.2) is 18.3 Å². The quantitative estimate of drug-likeness (QED) is 0.464. The van der Waals surface area contributed by atoms with Gasteiger partial charge in [0.05, 0.1) is 17.5 Å². The molecule has 0 bridgehead atoms. The summed E-state index contributed by atoms with van der Waals surface area (Å²) in [5, 5.41) is 23.5. The van der Waals surface area contributed by atoms with Crippen LogP contribution in [0.4, 0.5) is 11.5 Å². The zero-order chi connectivity index (χ0) is 13.5. The van der Waals surface area contributed by atoms with E-state index in [9.17, 15) is 19.7 Å². The lowest BCUT2D eigenvalue weighted by Gasteiger charge is -2.05. The topological polar surface area (TPSA) is 134 Å². The number of anilines is 1. The van der Waals surface area contributed by atoms with Gasteiger partial charge in [-0.05, 0) is 0 Å². The first-order chi connectivity index (χ1) is 8.49. The van der Waals surface area contributed by atoms with Gasteiger partial charge >= 0.3 is 5.97 Å². The number of pyridine rings is 1. The van der Waals surface area contributed by atoms with Crippen molar-refractivity contribution in [2.75, 3.05) is 18.4 Å². The van der Waals surface area contributed by atoms with Crippen LogP contribution in [-0.4, -0.2) is 40.0 Å². The molecule has 1 rings (SSSR count). The van der Waals surface area contributed by atoms with Gasteiger partial charge in [-0.25, -0.2) is 4.98 Å². The Morgan fingerprint density at radius 3 is 2.78 bits per heavy atom. The van der Waals surface area contributed by atoms with E-state index in [1.165, 1.54) is 18.3 Å². The van der Waals surface area contributed by atoms with Crippen molar-refractivity contribution < 1.29 is 19.6 Å². The van der Waals surface area contributed by atoms with Crippen molar-refractivity contribution >= 4 is 23.4 Å². The molecule has 0 fully saturated rings. The smallest absolute Gasteiger partial charge is 0.322 e. The highest BCUT2D eigenvalue weighted by atomic mass is 16.6. The second-order valence-corrected chi connectivity index (χ2v) is 3.18. The van der Waals surface area contributed by atoms with Gasteiger partial charge in [0, 0.05) is 12.3 Å². The van der Waals surface area contributed by atoms with E-state index >= 15 is 0 Å². The third kappa shape index (κ3) is 4.43. The number of carboxylic acid groups (broad SMARTS) is 1. The molecule has 1 amide bonds. The average Bonchev–Trinajstić information content (AvgIpc) is 2.34. The van der Waals surface area contributed by atoms with Gasteiger partial charge in [-0.2, -0.15) is 0 Å². The molecule has 9 heteroatoms. The van der Waals surface area contributed by atoms with Crippen molar-refractivity contribution in [3.05, 3.63) is 28.4 Å². The number of carboxylic acids is 1. The number of hydrogen-bond donors (Lipinski definition) is 3. The Balaban J connectivity index is 2.48. The lowest BCUT2D eigenvalue weighted by molar-refractivity contribution is -0.384. The SMILES string of the molecule is O=C(O)CNC(=O)CNc1cc([N+](=O)[O-])ccn1. The molecule has 0 spiro atoms. The normalized spacial score (nSPS) is 9.56. The van der Waals surface area contributed by atoms with E-state index in [-0.39, 0.29) is 18.1 Å². The number of nitrogens with one attached hydrogen (secondary N) is 2.